The molecule has 0 aliphatic carbocycles. The molecule has 0 saturated carbocycles. The van der Waals surface area contributed by atoms with Gasteiger partial charge >= 0.3 is 0 Å². The first-order chi connectivity index (χ1) is 30.3. The minimum atomic E-state index is -5.14. The van der Waals surface area contributed by atoms with Gasteiger partial charge in [-0.1, -0.05) is 104 Å². The summed E-state index contributed by atoms with van der Waals surface area (Å²) in [6.07, 6.45) is 43.9. The van der Waals surface area contributed by atoms with Crippen LogP contribution < -0.4 is 13.7 Å². The first-order valence-corrected chi connectivity index (χ1v) is 27.0. The zero-order valence-electron chi connectivity index (χ0n) is 39.0. The molecule has 0 bridgehead atoms. The Hall–Kier alpha value is -3.94. The van der Waals surface area contributed by atoms with Gasteiger partial charge in [-0.3, -0.25) is 0 Å². The monoisotopic (exact) mass is 950 g/mol. The van der Waals surface area contributed by atoms with Gasteiger partial charge in [0.2, 0.25) is 19.0 Å². The fourth-order valence-corrected chi connectivity index (χ4v) is 8.76. The van der Waals surface area contributed by atoms with Crippen molar-refractivity contribution in [1.82, 2.24) is 13.7 Å². The van der Waals surface area contributed by atoms with Crippen LogP contribution in [-0.4, -0.2) is 52.6 Å². The van der Waals surface area contributed by atoms with Gasteiger partial charge in [0.05, 0.1) is 55.5 Å². The highest BCUT2D eigenvalue weighted by molar-refractivity contribution is 7.86. The molecule has 0 atom stereocenters. The summed E-state index contributed by atoms with van der Waals surface area (Å²) in [5, 5.41) is -0.668. The molecule has 0 aliphatic heterocycles. The van der Waals surface area contributed by atoms with E-state index in [-0.39, 0.29) is 10.8 Å². The molecule has 0 aliphatic rings. The fourth-order valence-electron chi connectivity index (χ4n) is 6.92. The summed E-state index contributed by atoms with van der Waals surface area (Å²) in [4.78, 5) is -2.81. The maximum Gasteiger partial charge on any atom is 0.243 e. The summed E-state index contributed by atoms with van der Waals surface area (Å²) in [6, 6.07) is 3.39. The molecule has 0 saturated heterocycles. The summed E-state index contributed by atoms with van der Waals surface area (Å²) in [6.45, 7) is 10.3. The van der Waals surface area contributed by atoms with Gasteiger partial charge < -0.3 is 13.7 Å². The summed E-state index contributed by atoms with van der Waals surface area (Å²) in [5.41, 5.74) is 0. The van der Waals surface area contributed by atoms with Gasteiger partial charge in [-0.15, -0.1) is 0 Å². The lowest BCUT2D eigenvalue weighted by atomic mass is 10.1. The number of rotatable bonds is 24. The molecular weight excluding hydrogens is 877 g/mol. The van der Waals surface area contributed by atoms with E-state index in [0.717, 1.165) is 12.1 Å². The highest BCUT2D eigenvalue weighted by atomic mass is 32.2. The Morgan fingerprint density at radius 1 is 0.438 bits per heavy atom. The minimum Gasteiger partial charge on any atom is -0.744 e. The van der Waals surface area contributed by atoms with Crippen molar-refractivity contribution in [3.8, 4) is 0 Å². The van der Waals surface area contributed by atoms with Crippen LogP contribution in [0.1, 0.15) is 136 Å². The van der Waals surface area contributed by atoms with Crippen molar-refractivity contribution in [2.45, 2.75) is 171 Å². The number of hydrogen-bond acceptors (Lipinski definition) is 9. The largest absolute Gasteiger partial charge is 0.744 e. The summed E-state index contributed by atoms with van der Waals surface area (Å²) in [7, 11) is -8.94. The average Bonchev–Trinajstić information content (AvgIpc) is 3.98. The predicted octanol–water partition coefficient (Wildman–Crippen LogP) is 7.57. The molecule has 18 heteroatoms. The smallest absolute Gasteiger partial charge is 0.243 e. The Kier molecular flexibility index (Phi) is 26.0. The number of fused-ring (bicyclic) bond motifs is 1. The average molecular weight is 951 g/mol. The molecule has 0 spiro atoms. The normalized spacial score (nSPS) is 11.6. The lowest BCUT2D eigenvalue weighted by Gasteiger charge is -2.16. The first-order valence-electron chi connectivity index (χ1n) is 22.8. The van der Waals surface area contributed by atoms with Crippen LogP contribution in [0.3, 0.4) is 0 Å². The number of unbranched alkanes of at least 4 members (excludes halogenated alkanes) is 15. The third-order valence-electron chi connectivity index (χ3n) is 10.5. The zero-order chi connectivity index (χ0) is 47.6. The Balaban J connectivity index is 0.000000301. The van der Waals surface area contributed by atoms with Crippen LogP contribution in [0.25, 0.3) is 10.8 Å². The van der Waals surface area contributed by atoms with Crippen LogP contribution in [0.2, 0.25) is 0 Å². The molecule has 3 heterocycles. The molecule has 0 N–H and O–H groups in total. The van der Waals surface area contributed by atoms with Crippen molar-refractivity contribution in [2.75, 3.05) is 0 Å². The van der Waals surface area contributed by atoms with Gasteiger partial charge in [-0.2, -0.15) is 0 Å². The molecule has 0 amide bonds. The fraction of sp³-hybridized carbons (Fsp3) is 0.587. The van der Waals surface area contributed by atoms with Crippen LogP contribution in [0, 0.1) is 0 Å². The summed E-state index contributed by atoms with van der Waals surface area (Å²) >= 11 is 0. The third kappa shape index (κ3) is 23.3. The number of aryl methyl sites for hydroxylation is 6. The van der Waals surface area contributed by atoms with Crippen LogP contribution in [0.4, 0.5) is 0 Å². The van der Waals surface area contributed by atoms with Gasteiger partial charge in [0, 0.05) is 0 Å². The number of hydrogen-bond donors (Lipinski definition) is 0. The second kappa shape index (κ2) is 29.6. The van der Waals surface area contributed by atoms with Crippen LogP contribution in [0.15, 0.2) is 101 Å². The van der Waals surface area contributed by atoms with E-state index < -0.39 is 45.0 Å². The van der Waals surface area contributed by atoms with E-state index >= 15 is 0 Å². The quantitative estimate of drug-likeness (QED) is 0.0340. The van der Waals surface area contributed by atoms with Crippen LogP contribution >= 0.6 is 0 Å². The minimum absolute atomic E-state index is 0.310. The van der Waals surface area contributed by atoms with Gasteiger partial charge in [0.25, 0.3) is 0 Å². The van der Waals surface area contributed by atoms with E-state index in [0.29, 0.717) is 18.2 Å². The van der Waals surface area contributed by atoms with E-state index in [2.05, 4.69) is 125 Å². The summed E-state index contributed by atoms with van der Waals surface area (Å²) in [5.74, 6) is 0. The Bertz CT molecular complexity index is 2280. The van der Waals surface area contributed by atoms with Crippen molar-refractivity contribution in [1.29, 1.82) is 0 Å². The number of imidazole rings is 3. The van der Waals surface area contributed by atoms with Gasteiger partial charge in [-0.05, 0) is 73.6 Å². The van der Waals surface area contributed by atoms with Gasteiger partial charge in [0.15, 0.2) is 0 Å². The van der Waals surface area contributed by atoms with Crippen molar-refractivity contribution in [3.63, 3.8) is 0 Å². The predicted molar refractivity (Wildman–Crippen MR) is 245 cm³/mol. The van der Waals surface area contributed by atoms with Crippen molar-refractivity contribution >= 4 is 41.1 Å². The molecule has 5 aromatic rings. The van der Waals surface area contributed by atoms with Crippen LogP contribution in [-0.2, 0) is 71.1 Å². The molecule has 0 unspecified atom stereocenters. The lowest BCUT2D eigenvalue weighted by Crippen LogP contribution is -2.23. The van der Waals surface area contributed by atoms with E-state index in [9.17, 15) is 38.9 Å². The molecule has 0 fully saturated rings. The molecule has 360 valence electrons. The molecule has 64 heavy (non-hydrogen) atoms. The maximum absolute atomic E-state index is 11.2. The number of aromatic nitrogens is 6. The zero-order valence-corrected chi connectivity index (χ0v) is 41.5. The second-order valence-electron chi connectivity index (χ2n) is 16.4. The van der Waals surface area contributed by atoms with E-state index in [1.54, 1.807) is 0 Å². The number of nitrogens with zero attached hydrogens (tertiary/aromatic N) is 6. The molecule has 2 aromatic carbocycles. The topological polar surface area (TPSA) is 198 Å². The number of benzene rings is 2. The Labute approximate surface area is 384 Å². The molecule has 5 rings (SSSR count). The third-order valence-corrected chi connectivity index (χ3v) is 13.0. The highest BCUT2D eigenvalue weighted by Crippen LogP contribution is 2.29. The van der Waals surface area contributed by atoms with E-state index in [4.69, 9.17) is 0 Å². The molecular formula is C46H74N6O9S3. The molecule has 15 nitrogen and oxygen atoms in total. The van der Waals surface area contributed by atoms with Gasteiger partial charge in [-0.25, -0.2) is 52.7 Å². The maximum atomic E-state index is 11.2. The van der Waals surface area contributed by atoms with Crippen molar-refractivity contribution in [2.24, 2.45) is 21.1 Å². The van der Waals surface area contributed by atoms with Crippen molar-refractivity contribution in [3.05, 3.63) is 86.5 Å². The SMILES string of the molecule is CCCCCCCCn1cc[n+](C)c1.CCCCCCCCn1cc[n+](C)c1.CCCCCCCCn1cc[n+](C)c1.O=S(=O)([O-])c1ccc2c(S(=O)(=O)[O-])cc(S(=O)(=O)[O-])cc2c1. The van der Waals surface area contributed by atoms with Gasteiger partial charge in [0.1, 0.15) is 67.5 Å². The van der Waals surface area contributed by atoms with Crippen molar-refractivity contribution < 1.29 is 52.6 Å². The van der Waals surface area contributed by atoms with E-state index in [1.165, 1.54) is 135 Å². The Morgan fingerprint density at radius 2 is 0.766 bits per heavy atom. The summed E-state index contributed by atoms with van der Waals surface area (Å²) < 4.78 is 112. The standard InChI is InChI=1S/3C12H23N2.C10H8O9S3/c3*1-3-4-5-6-7-8-9-14-11-10-13(2)12-14;11-20(12,13)7-1-2-9-6(3-7)4-8(21(14,15)16)5-10(9)22(17,18)19/h3*10-12H,3-9H2,1-2H3;1-5H,(H,11,12,13)(H,14,15,16)(H,17,18,19)/q3*+1;/p-3. The first kappa shape index (κ1) is 56.2. The highest BCUT2D eigenvalue weighted by Gasteiger charge is 2.15. The lowest BCUT2D eigenvalue weighted by molar-refractivity contribution is -0.671. The Morgan fingerprint density at radius 3 is 1.06 bits per heavy atom. The molecule has 0 radical (unpaired) electrons. The molecule has 3 aromatic heterocycles. The van der Waals surface area contributed by atoms with E-state index in [1.807, 2.05) is 0 Å². The second-order valence-corrected chi connectivity index (χ2v) is 20.5. The van der Waals surface area contributed by atoms with Crippen LogP contribution in [0.5, 0.6) is 0 Å².